The Morgan fingerprint density at radius 2 is 1.89 bits per heavy atom. The van der Waals surface area contributed by atoms with Gasteiger partial charge in [0.05, 0.1) is 7.11 Å². The number of methoxy groups -OCH3 is 1. The molecule has 1 aliphatic carbocycles. The quantitative estimate of drug-likeness (QED) is 0.896. The number of hydrogen-bond donors (Lipinski definition) is 1. The predicted octanol–water partition coefficient (Wildman–Crippen LogP) is 3.55. The van der Waals surface area contributed by atoms with Crippen molar-refractivity contribution >= 4 is 0 Å². The van der Waals surface area contributed by atoms with Gasteiger partial charge in [-0.3, -0.25) is 0 Å². The molecule has 4 heteroatoms. The van der Waals surface area contributed by atoms with E-state index >= 15 is 0 Å². The molecule has 2 nitrogen and oxygen atoms in total. The average Bonchev–Trinajstić information content (AvgIpc) is 2.40. The Morgan fingerprint density at radius 3 is 2.50 bits per heavy atom. The van der Waals surface area contributed by atoms with Gasteiger partial charge in [-0.25, -0.2) is 8.78 Å². The molecule has 1 saturated carbocycles. The summed E-state index contributed by atoms with van der Waals surface area (Å²) in [5.41, 5.74) is 6.03. The lowest BCUT2D eigenvalue weighted by molar-refractivity contribution is 0.294. The summed E-state index contributed by atoms with van der Waals surface area (Å²) in [6.45, 7) is 0. The van der Waals surface area contributed by atoms with Crippen LogP contribution in [0.4, 0.5) is 8.78 Å². The summed E-state index contributed by atoms with van der Waals surface area (Å²) in [6, 6.07) is 1.93. The SMILES string of the molecule is COc1ccc(F)c([C@H](N)C2CCCCC2)c1F. The van der Waals surface area contributed by atoms with Crippen LogP contribution < -0.4 is 10.5 Å². The fourth-order valence-corrected chi connectivity index (χ4v) is 2.74. The van der Waals surface area contributed by atoms with Gasteiger partial charge in [0.1, 0.15) is 5.82 Å². The molecule has 18 heavy (non-hydrogen) atoms. The number of rotatable bonds is 3. The van der Waals surface area contributed by atoms with E-state index < -0.39 is 17.7 Å². The standard InChI is InChI=1S/C14H19F2NO/c1-18-11-8-7-10(15)12(13(11)16)14(17)9-5-3-2-4-6-9/h7-9,14H,2-6,17H2,1H3/t14-/m1/s1. The molecule has 1 fully saturated rings. The van der Waals surface area contributed by atoms with E-state index in [2.05, 4.69) is 0 Å². The molecule has 2 rings (SSSR count). The van der Waals surface area contributed by atoms with Crippen molar-refractivity contribution in [1.82, 2.24) is 0 Å². The smallest absolute Gasteiger partial charge is 0.172 e. The molecule has 1 aromatic carbocycles. The Bertz CT molecular complexity index is 417. The highest BCUT2D eigenvalue weighted by Crippen LogP contribution is 2.36. The molecule has 1 aliphatic rings. The van der Waals surface area contributed by atoms with Crippen LogP contribution in [0.1, 0.15) is 43.7 Å². The second-order valence-corrected chi connectivity index (χ2v) is 4.90. The lowest BCUT2D eigenvalue weighted by atomic mass is 9.81. The van der Waals surface area contributed by atoms with Crippen molar-refractivity contribution in [2.24, 2.45) is 11.7 Å². The van der Waals surface area contributed by atoms with Gasteiger partial charge in [-0.05, 0) is 30.9 Å². The first-order valence-corrected chi connectivity index (χ1v) is 6.42. The van der Waals surface area contributed by atoms with Gasteiger partial charge >= 0.3 is 0 Å². The van der Waals surface area contributed by atoms with E-state index in [0.717, 1.165) is 25.7 Å². The summed E-state index contributed by atoms with van der Waals surface area (Å²) < 4.78 is 32.8. The molecule has 0 amide bonds. The van der Waals surface area contributed by atoms with E-state index in [1.807, 2.05) is 0 Å². The first-order valence-electron chi connectivity index (χ1n) is 6.42. The van der Waals surface area contributed by atoms with Crippen molar-refractivity contribution in [2.75, 3.05) is 7.11 Å². The summed E-state index contributed by atoms with van der Waals surface area (Å²) in [5.74, 6) is -1.02. The lowest BCUT2D eigenvalue weighted by Crippen LogP contribution is -2.25. The Kier molecular flexibility index (Phi) is 4.17. The summed E-state index contributed by atoms with van der Waals surface area (Å²) in [7, 11) is 1.37. The molecule has 1 aromatic rings. The maximum absolute atomic E-state index is 14.1. The number of halogens is 2. The molecule has 0 spiro atoms. The van der Waals surface area contributed by atoms with Gasteiger partial charge in [0.2, 0.25) is 0 Å². The first-order chi connectivity index (χ1) is 8.65. The Balaban J connectivity index is 2.30. The minimum atomic E-state index is -0.657. The Hall–Kier alpha value is -1.16. The van der Waals surface area contributed by atoms with Crippen LogP contribution in [0.5, 0.6) is 5.75 Å². The zero-order valence-electron chi connectivity index (χ0n) is 10.6. The maximum atomic E-state index is 14.1. The van der Waals surface area contributed by atoms with Crippen LogP contribution in [0.15, 0.2) is 12.1 Å². The molecular weight excluding hydrogens is 236 g/mol. The summed E-state index contributed by atoms with van der Waals surface area (Å²) in [6.07, 6.45) is 5.25. The average molecular weight is 255 g/mol. The van der Waals surface area contributed by atoms with Crippen LogP contribution in [0.3, 0.4) is 0 Å². The van der Waals surface area contributed by atoms with Gasteiger partial charge in [0, 0.05) is 11.6 Å². The molecule has 0 saturated heterocycles. The highest BCUT2D eigenvalue weighted by molar-refractivity contribution is 5.34. The van der Waals surface area contributed by atoms with Crippen LogP contribution >= 0.6 is 0 Å². The molecule has 2 N–H and O–H groups in total. The predicted molar refractivity (Wildman–Crippen MR) is 66.4 cm³/mol. The second-order valence-electron chi connectivity index (χ2n) is 4.90. The van der Waals surface area contributed by atoms with E-state index in [1.165, 1.54) is 25.7 Å². The Morgan fingerprint density at radius 1 is 1.22 bits per heavy atom. The van der Waals surface area contributed by atoms with Gasteiger partial charge in [0.25, 0.3) is 0 Å². The largest absolute Gasteiger partial charge is 0.494 e. The molecule has 0 aliphatic heterocycles. The normalized spacial score (nSPS) is 18.7. The molecule has 0 radical (unpaired) electrons. The van der Waals surface area contributed by atoms with Crippen LogP contribution in [0, 0.1) is 17.6 Å². The molecule has 100 valence electrons. The molecule has 0 unspecified atom stereocenters. The summed E-state index contributed by atoms with van der Waals surface area (Å²) in [5, 5.41) is 0. The second kappa shape index (κ2) is 5.65. The van der Waals surface area contributed by atoms with Crippen molar-refractivity contribution in [3.63, 3.8) is 0 Å². The highest BCUT2D eigenvalue weighted by atomic mass is 19.1. The van der Waals surface area contributed by atoms with Crippen LogP contribution in [0.25, 0.3) is 0 Å². The molecular formula is C14H19F2NO. The van der Waals surface area contributed by atoms with Crippen molar-refractivity contribution < 1.29 is 13.5 Å². The summed E-state index contributed by atoms with van der Waals surface area (Å²) >= 11 is 0. The van der Waals surface area contributed by atoms with E-state index in [0.29, 0.717) is 0 Å². The number of benzene rings is 1. The van der Waals surface area contributed by atoms with E-state index in [1.54, 1.807) is 0 Å². The van der Waals surface area contributed by atoms with Crippen molar-refractivity contribution in [1.29, 1.82) is 0 Å². The summed E-state index contributed by atoms with van der Waals surface area (Å²) in [4.78, 5) is 0. The van der Waals surface area contributed by atoms with Gasteiger partial charge in [0.15, 0.2) is 11.6 Å². The first kappa shape index (κ1) is 13.3. The fraction of sp³-hybridized carbons (Fsp3) is 0.571. The molecule has 0 aromatic heterocycles. The van der Waals surface area contributed by atoms with Gasteiger partial charge < -0.3 is 10.5 Å². The van der Waals surface area contributed by atoms with E-state index in [-0.39, 0.29) is 17.2 Å². The molecule has 0 bridgehead atoms. The molecule has 1 atom stereocenters. The zero-order chi connectivity index (χ0) is 13.1. The Labute approximate surface area is 106 Å². The van der Waals surface area contributed by atoms with E-state index in [4.69, 9.17) is 10.5 Å². The number of hydrogen-bond acceptors (Lipinski definition) is 2. The minimum Gasteiger partial charge on any atom is -0.494 e. The topological polar surface area (TPSA) is 35.2 Å². The minimum absolute atomic E-state index is 0.0266. The van der Waals surface area contributed by atoms with Crippen molar-refractivity contribution in [3.05, 3.63) is 29.3 Å². The fourth-order valence-electron chi connectivity index (χ4n) is 2.74. The van der Waals surface area contributed by atoms with Crippen LogP contribution in [-0.2, 0) is 0 Å². The van der Waals surface area contributed by atoms with Gasteiger partial charge in [-0.1, -0.05) is 19.3 Å². The zero-order valence-corrected chi connectivity index (χ0v) is 10.6. The maximum Gasteiger partial charge on any atom is 0.172 e. The number of nitrogens with two attached hydrogens (primary N) is 1. The third-order valence-corrected chi connectivity index (χ3v) is 3.80. The number of ether oxygens (including phenoxy) is 1. The third-order valence-electron chi connectivity index (χ3n) is 3.80. The van der Waals surface area contributed by atoms with Crippen molar-refractivity contribution in [3.8, 4) is 5.75 Å². The van der Waals surface area contributed by atoms with Crippen LogP contribution in [-0.4, -0.2) is 7.11 Å². The van der Waals surface area contributed by atoms with Gasteiger partial charge in [-0.2, -0.15) is 0 Å². The van der Waals surface area contributed by atoms with Crippen molar-refractivity contribution in [2.45, 2.75) is 38.1 Å². The van der Waals surface area contributed by atoms with E-state index in [9.17, 15) is 8.78 Å². The lowest BCUT2D eigenvalue weighted by Gasteiger charge is -2.28. The molecule has 0 heterocycles. The van der Waals surface area contributed by atoms with Crippen LogP contribution in [0.2, 0.25) is 0 Å². The van der Waals surface area contributed by atoms with Gasteiger partial charge in [-0.15, -0.1) is 0 Å². The monoisotopic (exact) mass is 255 g/mol. The highest BCUT2D eigenvalue weighted by Gasteiger charge is 2.28. The third kappa shape index (κ3) is 2.48.